The molecule has 1 unspecified atom stereocenters. The summed E-state index contributed by atoms with van der Waals surface area (Å²) >= 11 is 0. The third-order valence-corrected chi connectivity index (χ3v) is 5.16. The molecule has 1 saturated carbocycles. The number of hydrogen-bond acceptors (Lipinski definition) is 4. The van der Waals surface area contributed by atoms with E-state index in [1.165, 1.54) is 0 Å². The number of Topliss-reactive ketones (excluding diaryl/α,β-unsaturated/α-hetero) is 1. The Bertz CT molecular complexity index is 772. The summed E-state index contributed by atoms with van der Waals surface area (Å²) in [6.07, 6.45) is 0.333. The molecule has 0 N–H and O–H groups in total. The molecule has 1 fully saturated rings. The molecule has 0 amide bonds. The van der Waals surface area contributed by atoms with Gasteiger partial charge in [0.15, 0.2) is 5.41 Å². The first-order valence-electron chi connectivity index (χ1n) is 8.83. The fraction of sp³-hybridized carbons (Fsp3) is 0.318. The molecule has 3 rings (SSSR count). The quantitative estimate of drug-likeness (QED) is 0.784. The molecule has 1 aliphatic rings. The van der Waals surface area contributed by atoms with Crippen LogP contribution in [0.2, 0.25) is 0 Å². The minimum atomic E-state index is -1.42. The largest absolute Gasteiger partial charge is 0.465 e. The highest BCUT2D eigenvalue weighted by atomic mass is 16.5. The molecule has 0 bridgehead atoms. The second-order valence-electron chi connectivity index (χ2n) is 6.57. The molecule has 0 heterocycles. The first kappa shape index (κ1) is 17.9. The van der Waals surface area contributed by atoms with Crippen molar-refractivity contribution in [3.05, 3.63) is 71.8 Å². The zero-order valence-corrected chi connectivity index (χ0v) is 14.7. The summed E-state index contributed by atoms with van der Waals surface area (Å²) in [5.41, 5.74) is 0.208. The molecular formula is C22H21NO3. The highest BCUT2D eigenvalue weighted by molar-refractivity contribution is 5.90. The van der Waals surface area contributed by atoms with Gasteiger partial charge in [0.05, 0.1) is 12.7 Å². The zero-order valence-electron chi connectivity index (χ0n) is 14.7. The number of nitriles is 1. The molecule has 0 spiro atoms. The smallest absolute Gasteiger partial charge is 0.327 e. The van der Waals surface area contributed by atoms with Crippen LogP contribution in [0.3, 0.4) is 0 Å². The van der Waals surface area contributed by atoms with E-state index in [-0.39, 0.29) is 25.2 Å². The number of benzene rings is 2. The second kappa shape index (κ2) is 7.53. The predicted octanol–water partition coefficient (Wildman–Crippen LogP) is 3.99. The summed E-state index contributed by atoms with van der Waals surface area (Å²) in [5.74, 6) is -1.54. The van der Waals surface area contributed by atoms with Gasteiger partial charge in [-0.1, -0.05) is 60.7 Å². The lowest BCUT2D eigenvalue weighted by atomic mass is 9.56. The maximum Gasteiger partial charge on any atom is 0.327 e. The molecule has 2 aromatic rings. The standard InChI is InChI=1S/C22H21NO3/c1-2-26-21(25)22(15-23)19(16-9-5-3-6-10-16)13-18(24)14-20(22)17-11-7-4-8-12-17/h3-12,19-20H,2,13-14H2,1H3/t19-,20+,22?. The van der Waals surface area contributed by atoms with Crippen LogP contribution in [0.4, 0.5) is 0 Å². The summed E-state index contributed by atoms with van der Waals surface area (Å²) < 4.78 is 5.34. The van der Waals surface area contributed by atoms with Gasteiger partial charge in [0, 0.05) is 24.7 Å². The first-order valence-corrected chi connectivity index (χ1v) is 8.83. The molecule has 132 valence electrons. The van der Waals surface area contributed by atoms with Crippen LogP contribution in [0, 0.1) is 16.7 Å². The van der Waals surface area contributed by atoms with Gasteiger partial charge in [0.25, 0.3) is 0 Å². The highest BCUT2D eigenvalue weighted by Gasteiger charge is 2.58. The minimum absolute atomic E-state index is 0.0582. The predicted molar refractivity (Wildman–Crippen MR) is 97.3 cm³/mol. The molecule has 3 atom stereocenters. The van der Waals surface area contributed by atoms with Gasteiger partial charge in [0.1, 0.15) is 5.78 Å². The maximum absolute atomic E-state index is 13.1. The maximum atomic E-state index is 13.1. The molecule has 0 aromatic heterocycles. The van der Waals surface area contributed by atoms with E-state index >= 15 is 0 Å². The summed E-state index contributed by atoms with van der Waals surface area (Å²) in [6, 6.07) is 21.0. The molecule has 1 aliphatic carbocycles. The van der Waals surface area contributed by atoms with Crippen molar-refractivity contribution in [2.75, 3.05) is 6.61 Å². The lowest BCUT2D eigenvalue weighted by Gasteiger charge is -2.42. The molecule has 26 heavy (non-hydrogen) atoms. The van der Waals surface area contributed by atoms with Gasteiger partial charge >= 0.3 is 5.97 Å². The zero-order chi connectivity index (χ0) is 18.6. The van der Waals surface area contributed by atoms with E-state index in [2.05, 4.69) is 6.07 Å². The average Bonchev–Trinajstić information content (AvgIpc) is 2.69. The molecule has 0 aliphatic heterocycles. The fourth-order valence-electron chi connectivity index (χ4n) is 3.97. The van der Waals surface area contributed by atoms with E-state index in [4.69, 9.17) is 4.74 Å². The van der Waals surface area contributed by atoms with Gasteiger partial charge in [0.2, 0.25) is 0 Å². The van der Waals surface area contributed by atoms with Crippen molar-refractivity contribution in [2.45, 2.75) is 31.6 Å². The Balaban J connectivity index is 2.20. The van der Waals surface area contributed by atoms with E-state index in [9.17, 15) is 14.9 Å². The Kier molecular flexibility index (Phi) is 5.18. The van der Waals surface area contributed by atoms with Gasteiger partial charge in [-0.25, -0.2) is 0 Å². The van der Waals surface area contributed by atoms with Crippen LogP contribution in [0.5, 0.6) is 0 Å². The molecular weight excluding hydrogens is 326 g/mol. The third-order valence-electron chi connectivity index (χ3n) is 5.16. The van der Waals surface area contributed by atoms with Gasteiger partial charge in [-0.05, 0) is 18.1 Å². The normalized spacial score (nSPS) is 25.3. The number of hydrogen-bond donors (Lipinski definition) is 0. The van der Waals surface area contributed by atoms with E-state index in [0.717, 1.165) is 11.1 Å². The van der Waals surface area contributed by atoms with E-state index in [0.29, 0.717) is 0 Å². The number of rotatable bonds is 4. The Morgan fingerprint density at radius 1 is 1.04 bits per heavy atom. The van der Waals surface area contributed by atoms with Gasteiger partial charge in [-0.2, -0.15) is 5.26 Å². The highest BCUT2D eigenvalue weighted by Crippen LogP contribution is 2.54. The molecule has 4 heteroatoms. The van der Waals surface area contributed by atoms with E-state index < -0.39 is 23.2 Å². The van der Waals surface area contributed by atoms with Crippen molar-refractivity contribution in [3.63, 3.8) is 0 Å². The summed E-state index contributed by atoms with van der Waals surface area (Å²) in [7, 11) is 0. The summed E-state index contributed by atoms with van der Waals surface area (Å²) in [6.45, 7) is 1.92. The minimum Gasteiger partial charge on any atom is -0.465 e. The molecule has 0 saturated heterocycles. The van der Waals surface area contributed by atoms with E-state index in [1.807, 2.05) is 60.7 Å². The van der Waals surface area contributed by atoms with Gasteiger partial charge in [-0.3, -0.25) is 9.59 Å². The van der Waals surface area contributed by atoms with Crippen molar-refractivity contribution in [3.8, 4) is 6.07 Å². The number of carbonyl (C=O) groups excluding carboxylic acids is 2. The Hall–Kier alpha value is -2.93. The third kappa shape index (κ3) is 3.01. The van der Waals surface area contributed by atoms with Crippen LogP contribution in [0.1, 0.15) is 42.7 Å². The van der Waals surface area contributed by atoms with Crippen LogP contribution in [-0.2, 0) is 14.3 Å². The number of nitrogens with zero attached hydrogens (tertiary/aromatic N) is 1. The van der Waals surface area contributed by atoms with Crippen molar-refractivity contribution in [1.29, 1.82) is 5.26 Å². The van der Waals surface area contributed by atoms with Crippen LogP contribution in [-0.4, -0.2) is 18.4 Å². The average molecular weight is 347 g/mol. The van der Waals surface area contributed by atoms with E-state index in [1.54, 1.807) is 6.92 Å². The molecule has 2 aromatic carbocycles. The van der Waals surface area contributed by atoms with Crippen LogP contribution >= 0.6 is 0 Å². The van der Waals surface area contributed by atoms with Gasteiger partial charge < -0.3 is 4.74 Å². The molecule has 4 nitrogen and oxygen atoms in total. The first-order chi connectivity index (χ1) is 12.6. The van der Waals surface area contributed by atoms with Crippen molar-refractivity contribution < 1.29 is 14.3 Å². The molecule has 0 radical (unpaired) electrons. The summed E-state index contributed by atoms with van der Waals surface area (Å²) in [5, 5.41) is 10.2. The Morgan fingerprint density at radius 3 is 1.88 bits per heavy atom. The fourth-order valence-corrected chi connectivity index (χ4v) is 3.97. The number of ketones is 1. The van der Waals surface area contributed by atoms with Crippen molar-refractivity contribution in [2.24, 2.45) is 5.41 Å². The number of ether oxygens (including phenoxy) is 1. The van der Waals surface area contributed by atoms with Crippen molar-refractivity contribution >= 4 is 11.8 Å². The monoisotopic (exact) mass is 347 g/mol. The van der Waals surface area contributed by atoms with Crippen LogP contribution < -0.4 is 0 Å². The van der Waals surface area contributed by atoms with Gasteiger partial charge in [-0.15, -0.1) is 0 Å². The van der Waals surface area contributed by atoms with Crippen molar-refractivity contribution in [1.82, 2.24) is 0 Å². The topological polar surface area (TPSA) is 67.2 Å². The summed E-state index contributed by atoms with van der Waals surface area (Å²) in [4.78, 5) is 25.6. The number of carbonyl (C=O) groups is 2. The second-order valence-corrected chi connectivity index (χ2v) is 6.57. The lowest BCUT2D eigenvalue weighted by Crippen LogP contribution is -2.47. The van der Waals surface area contributed by atoms with Crippen LogP contribution in [0.15, 0.2) is 60.7 Å². The Morgan fingerprint density at radius 2 is 1.50 bits per heavy atom. The lowest BCUT2D eigenvalue weighted by molar-refractivity contribution is -0.156. The number of esters is 1. The SMILES string of the molecule is CCOC(=O)C1(C#N)[C@@H](c2ccccc2)CC(=O)C[C@H]1c1ccccc1. The Labute approximate surface area is 153 Å². The van der Waals surface area contributed by atoms with Crippen LogP contribution in [0.25, 0.3) is 0 Å².